The Labute approximate surface area is 164 Å². The SMILES string of the molecule is COc1cc2occ(C)c2cc1/C(C)=C/C(=O)NCC1CCC(C(=O)O)CC1. The number of benzene rings is 1. The lowest BCUT2D eigenvalue weighted by atomic mass is 9.82. The molecular formula is C22H27NO5. The maximum Gasteiger partial charge on any atom is 0.306 e. The van der Waals surface area contributed by atoms with Crippen molar-refractivity contribution in [3.63, 3.8) is 0 Å². The molecule has 1 aliphatic rings. The Morgan fingerprint density at radius 3 is 2.64 bits per heavy atom. The number of rotatable bonds is 6. The van der Waals surface area contributed by atoms with Crippen LogP contribution in [0.5, 0.6) is 5.75 Å². The van der Waals surface area contributed by atoms with Gasteiger partial charge in [-0.05, 0) is 62.7 Å². The summed E-state index contributed by atoms with van der Waals surface area (Å²) in [6, 6.07) is 3.83. The molecule has 0 bridgehead atoms. The van der Waals surface area contributed by atoms with Crippen molar-refractivity contribution in [1.82, 2.24) is 5.32 Å². The van der Waals surface area contributed by atoms with Crippen LogP contribution in [0.15, 0.2) is 28.9 Å². The van der Waals surface area contributed by atoms with Gasteiger partial charge in [-0.25, -0.2) is 0 Å². The highest BCUT2D eigenvalue weighted by atomic mass is 16.5. The maximum atomic E-state index is 12.4. The Morgan fingerprint density at radius 2 is 2.00 bits per heavy atom. The van der Waals surface area contributed by atoms with E-state index in [1.807, 2.05) is 26.0 Å². The minimum Gasteiger partial charge on any atom is -0.496 e. The fraction of sp³-hybridized carbons (Fsp3) is 0.455. The third kappa shape index (κ3) is 4.38. The third-order valence-corrected chi connectivity index (χ3v) is 5.62. The molecule has 1 aliphatic carbocycles. The van der Waals surface area contributed by atoms with Crippen LogP contribution in [-0.2, 0) is 9.59 Å². The molecule has 28 heavy (non-hydrogen) atoms. The molecule has 2 N–H and O–H groups in total. The largest absolute Gasteiger partial charge is 0.496 e. The fourth-order valence-corrected chi connectivity index (χ4v) is 3.84. The van der Waals surface area contributed by atoms with E-state index in [1.165, 1.54) is 0 Å². The highest BCUT2D eigenvalue weighted by Gasteiger charge is 2.25. The van der Waals surface area contributed by atoms with Crippen LogP contribution in [0, 0.1) is 18.8 Å². The molecule has 1 heterocycles. The van der Waals surface area contributed by atoms with Gasteiger partial charge in [0.25, 0.3) is 0 Å². The van der Waals surface area contributed by atoms with Gasteiger partial charge in [-0.3, -0.25) is 9.59 Å². The molecule has 1 amide bonds. The normalized spacial score (nSPS) is 20.2. The van der Waals surface area contributed by atoms with E-state index in [0.717, 1.165) is 40.5 Å². The first-order valence-corrected chi connectivity index (χ1v) is 9.64. The van der Waals surface area contributed by atoms with Gasteiger partial charge in [0.15, 0.2) is 0 Å². The highest BCUT2D eigenvalue weighted by Crippen LogP contribution is 2.33. The summed E-state index contributed by atoms with van der Waals surface area (Å²) in [5, 5.41) is 13.0. The summed E-state index contributed by atoms with van der Waals surface area (Å²) in [4.78, 5) is 23.4. The molecule has 0 unspecified atom stereocenters. The first-order valence-electron chi connectivity index (χ1n) is 9.64. The first-order chi connectivity index (χ1) is 13.4. The van der Waals surface area contributed by atoms with Gasteiger partial charge in [0.2, 0.25) is 5.91 Å². The number of hydrogen-bond acceptors (Lipinski definition) is 4. The summed E-state index contributed by atoms with van der Waals surface area (Å²) in [6.07, 6.45) is 6.34. The Hall–Kier alpha value is -2.76. The Morgan fingerprint density at radius 1 is 1.29 bits per heavy atom. The number of carboxylic acids is 1. The Bertz CT molecular complexity index is 903. The van der Waals surface area contributed by atoms with Crippen LogP contribution in [0.25, 0.3) is 16.5 Å². The van der Waals surface area contributed by atoms with Crippen molar-refractivity contribution >= 4 is 28.4 Å². The molecule has 0 radical (unpaired) electrons. The van der Waals surface area contributed by atoms with Crippen LogP contribution in [0.4, 0.5) is 0 Å². The minimum absolute atomic E-state index is 0.149. The Balaban J connectivity index is 1.65. The average molecular weight is 385 g/mol. The molecule has 2 aromatic rings. The lowest BCUT2D eigenvalue weighted by Crippen LogP contribution is -2.31. The van der Waals surface area contributed by atoms with Crippen LogP contribution in [0.1, 0.15) is 43.7 Å². The van der Waals surface area contributed by atoms with E-state index < -0.39 is 5.97 Å². The minimum atomic E-state index is -0.709. The molecule has 1 fully saturated rings. The van der Waals surface area contributed by atoms with Crippen LogP contribution in [0.2, 0.25) is 0 Å². The van der Waals surface area contributed by atoms with Gasteiger partial charge in [-0.1, -0.05) is 0 Å². The Kier molecular flexibility index (Phi) is 6.07. The molecule has 150 valence electrons. The molecule has 1 saturated carbocycles. The lowest BCUT2D eigenvalue weighted by Gasteiger charge is -2.26. The third-order valence-electron chi connectivity index (χ3n) is 5.62. The van der Waals surface area contributed by atoms with E-state index in [9.17, 15) is 9.59 Å². The summed E-state index contributed by atoms with van der Waals surface area (Å²) in [6.45, 7) is 4.44. The van der Waals surface area contributed by atoms with E-state index in [-0.39, 0.29) is 11.8 Å². The van der Waals surface area contributed by atoms with Crippen molar-refractivity contribution in [3.8, 4) is 5.75 Å². The molecule has 3 rings (SSSR count). The van der Waals surface area contributed by atoms with Crippen molar-refractivity contribution in [1.29, 1.82) is 0 Å². The van der Waals surface area contributed by atoms with Gasteiger partial charge in [0.05, 0.1) is 19.3 Å². The van der Waals surface area contributed by atoms with E-state index in [2.05, 4.69) is 5.32 Å². The summed E-state index contributed by atoms with van der Waals surface area (Å²) in [5.74, 6) is -0.0882. The van der Waals surface area contributed by atoms with E-state index >= 15 is 0 Å². The molecule has 6 heteroatoms. The number of aryl methyl sites for hydroxylation is 1. The van der Waals surface area contributed by atoms with E-state index in [1.54, 1.807) is 19.4 Å². The van der Waals surface area contributed by atoms with Crippen molar-refractivity contribution in [3.05, 3.63) is 35.6 Å². The van der Waals surface area contributed by atoms with Gasteiger partial charge in [-0.2, -0.15) is 0 Å². The quantitative estimate of drug-likeness (QED) is 0.729. The van der Waals surface area contributed by atoms with Crippen LogP contribution in [-0.4, -0.2) is 30.6 Å². The smallest absolute Gasteiger partial charge is 0.306 e. The number of ether oxygens (including phenoxy) is 1. The number of hydrogen-bond donors (Lipinski definition) is 2. The monoisotopic (exact) mass is 385 g/mol. The molecular weight excluding hydrogens is 358 g/mol. The van der Waals surface area contributed by atoms with Gasteiger partial charge in [0, 0.05) is 29.6 Å². The lowest BCUT2D eigenvalue weighted by molar-refractivity contribution is -0.143. The van der Waals surface area contributed by atoms with Crippen molar-refractivity contribution in [2.24, 2.45) is 11.8 Å². The number of aliphatic carboxylic acids is 1. The number of amides is 1. The van der Waals surface area contributed by atoms with Gasteiger partial charge >= 0.3 is 5.97 Å². The molecule has 1 aromatic carbocycles. The molecule has 1 aromatic heterocycles. The van der Waals surface area contributed by atoms with Crippen LogP contribution >= 0.6 is 0 Å². The number of carboxylic acid groups (broad SMARTS) is 1. The fourth-order valence-electron chi connectivity index (χ4n) is 3.84. The zero-order valence-corrected chi connectivity index (χ0v) is 16.6. The summed E-state index contributed by atoms with van der Waals surface area (Å²) in [7, 11) is 1.60. The molecule has 0 spiro atoms. The predicted molar refractivity (Wildman–Crippen MR) is 107 cm³/mol. The van der Waals surface area contributed by atoms with Crippen LogP contribution < -0.4 is 10.1 Å². The zero-order valence-electron chi connectivity index (χ0n) is 16.6. The molecule has 0 aliphatic heterocycles. The van der Waals surface area contributed by atoms with Crippen molar-refractivity contribution < 1.29 is 23.8 Å². The second-order valence-corrected chi connectivity index (χ2v) is 7.60. The highest BCUT2D eigenvalue weighted by molar-refractivity contribution is 5.97. The van der Waals surface area contributed by atoms with Gasteiger partial charge in [-0.15, -0.1) is 0 Å². The summed E-state index contributed by atoms with van der Waals surface area (Å²) >= 11 is 0. The topological polar surface area (TPSA) is 88.8 Å². The number of fused-ring (bicyclic) bond motifs is 1. The van der Waals surface area contributed by atoms with E-state index in [4.69, 9.17) is 14.3 Å². The standard InChI is InChI=1S/C22H27NO5/c1-13(17-9-18-14(2)12-28-20(18)10-19(17)27-3)8-21(24)23-11-15-4-6-16(7-5-15)22(25)26/h8-10,12,15-16H,4-7,11H2,1-3H3,(H,23,24)(H,25,26)/b13-8+. The first kappa shape index (κ1) is 20.0. The molecule has 6 nitrogen and oxygen atoms in total. The maximum absolute atomic E-state index is 12.4. The average Bonchev–Trinajstić information content (AvgIpc) is 3.05. The molecule has 0 atom stereocenters. The number of carbonyl (C=O) groups excluding carboxylic acids is 1. The number of nitrogens with one attached hydrogen (secondary N) is 1. The summed E-state index contributed by atoms with van der Waals surface area (Å²) in [5.41, 5.74) is 3.46. The van der Waals surface area contributed by atoms with Crippen molar-refractivity contribution in [2.75, 3.05) is 13.7 Å². The number of methoxy groups -OCH3 is 1. The summed E-state index contributed by atoms with van der Waals surface area (Å²) < 4.78 is 11.0. The number of carbonyl (C=O) groups is 2. The van der Waals surface area contributed by atoms with Gasteiger partial charge in [0.1, 0.15) is 11.3 Å². The number of allylic oxidation sites excluding steroid dienone is 1. The zero-order chi connectivity index (χ0) is 20.3. The second kappa shape index (κ2) is 8.50. The predicted octanol–water partition coefficient (Wildman–Crippen LogP) is 4.16. The van der Waals surface area contributed by atoms with E-state index in [0.29, 0.717) is 31.1 Å². The van der Waals surface area contributed by atoms with Crippen LogP contribution in [0.3, 0.4) is 0 Å². The van der Waals surface area contributed by atoms with Crippen molar-refractivity contribution in [2.45, 2.75) is 39.5 Å². The second-order valence-electron chi connectivity index (χ2n) is 7.60. The van der Waals surface area contributed by atoms with Gasteiger partial charge < -0.3 is 19.6 Å². The number of furan rings is 1. The molecule has 0 saturated heterocycles.